The first-order valence-electron chi connectivity index (χ1n) is 6.25. The van der Waals surface area contributed by atoms with Crippen LogP contribution in [0.2, 0.25) is 0 Å². The lowest BCUT2D eigenvalue weighted by Gasteiger charge is -2.07. The second kappa shape index (κ2) is 6.63. The number of nitro groups is 1. The van der Waals surface area contributed by atoms with Crippen molar-refractivity contribution in [2.45, 2.75) is 20.0 Å². The predicted molar refractivity (Wildman–Crippen MR) is 82.5 cm³/mol. The normalized spacial score (nSPS) is 10.5. The Labute approximate surface area is 126 Å². The van der Waals surface area contributed by atoms with E-state index in [0.717, 1.165) is 16.6 Å². The molecular weight excluding hydrogens is 320 g/mol. The van der Waals surface area contributed by atoms with Crippen molar-refractivity contribution in [3.8, 4) is 0 Å². The van der Waals surface area contributed by atoms with Gasteiger partial charge in [-0.15, -0.1) is 0 Å². The molecule has 0 unspecified atom stereocenters. The van der Waals surface area contributed by atoms with Gasteiger partial charge in [-0.05, 0) is 29.7 Å². The van der Waals surface area contributed by atoms with Gasteiger partial charge in [0.05, 0.1) is 4.92 Å². The Morgan fingerprint density at radius 3 is 2.30 bits per heavy atom. The highest BCUT2D eigenvalue weighted by molar-refractivity contribution is 9.10. The van der Waals surface area contributed by atoms with Crippen molar-refractivity contribution in [3.05, 3.63) is 73.7 Å². The molecule has 0 fully saturated rings. The van der Waals surface area contributed by atoms with E-state index < -0.39 is 0 Å². The molecule has 0 radical (unpaired) electrons. The first kappa shape index (κ1) is 14.7. The molecule has 0 aliphatic heterocycles. The van der Waals surface area contributed by atoms with E-state index in [9.17, 15) is 10.1 Å². The highest BCUT2D eigenvalue weighted by Crippen LogP contribution is 2.17. The largest absolute Gasteiger partial charge is 0.309 e. The van der Waals surface area contributed by atoms with E-state index in [1.165, 1.54) is 23.3 Å². The van der Waals surface area contributed by atoms with Crippen molar-refractivity contribution >= 4 is 21.6 Å². The SMILES string of the molecule is Cc1cc(CNCc2ccc([N+](=O)[O-])cc2)ccc1Br. The van der Waals surface area contributed by atoms with Crippen LogP contribution in [0.15, 0.2) is 46.9 Å². The summed E-state index contributed by atoms with van der Waals surface area (Å²) < 4.78 is 1.11. The molecule has 0 heterocycles. The second-order valence-corrected chi connectivity index (χ2v) is 5.46. The van der Waals surface area contributed by atoms with E-state index in [1.54, 1.807) is 12.1 Å². The number of hydrogen-bond donors (Lipinski definition) is 1. The average Bonchev–Trinajstić information content (AvgIpc) is 2.43. The highest BCUT2D eigenvalue weighted by atomic mass is 79.9. The molecule has 1 N–H and O–H groups in total. The summed E-state index contributed by atoms with van der Waals surface area (Å²) in [7, 11) is 0. The predicted octanol–water partition coefficient (Wildman–Crippen LogP) is 3.96. The fourth-order valence-corrected chi connectivity index (χ4v) is 2.15. The Morgan fingerprint density at radius 1 is 1.10 bits per heavy atom. The molecule has 0 spiro atoms. The Morgan fingerprint density at radius 2 is 1.70 bits per heavy atom. The Bertz CT molecular complexity index is 612. The minimum atomic E-state index is -0.387. The monoisotopic (exact) mass is 334 g/mol. The number of nitro benzene ring substituents is 1. The van der Waals surface area contributed by atoms with Crippen LogP contribution in [0, 0.1) is 17.0 Å². The summed E-state index contributed by atoms with van der Waals surface area (Å²) in [5, 5.41) is 13.9. The molecule has 0 aromatic heterocycles. The van der Waals surface area contributed by atoms with Crippen molar-refractivity contribution in [2.75, 3.05) is 0 Å². The molecule has 2 rings (SSSR count). The van der Waals surface area contributed by atoms with Crippen LogP contribution in [0.1, 0.15) is 16.7 Å². The van der Waals surface area contributed by atoms with Crippen molar-refractivity contribution in [1.82, 2.24) is 5.32 Å². The molecule has 0 saturated carbocycles. The molecule has 5 heteroatoms. The van der Waals surface area contributed by atoms with Gasteiger partial charge in [0.1, 0.15) is 0 Å². The molecule has 104 valence electrons. The maximum absolute atomic E-state index is 10.6. The Hall–Kier alpha value is -1.72. The quantitative estimate of drug-likeness (QED) is 0.665. The van der Waals surface area contributed by atoms with Gasteiger partial charge < -0.3 is 5.32 Å². The summed E-state index contributed by atoms with van der Waals surface area (Å²) >= 11 is 3.48. The second-order valence-electron chi connectivity index (χ2n) is 4.61. The summed E-state index contributed by atoms with van der Waals surface area (Å²) in [5.74, 6) is 0. The minimum Gasteiger partial charge on any atom is -0.309 e. The number of hydrogen-bond acceptors (Lipinski definition) is 3. The van der Waals surface area contributed by atoms with Crippen LogP contribution >= 0.6 is 15.9 Å². The number of nitrogens with one attached hydrogen (secondary N) is 1. The third-order valence-corrected chi connectivity index (χ3v) is 3.92. The summed E-state index contributed by atoms with van der Waals surface area (Å²) in [6.07, 6.45) is 0. The van der Waals surface area contributed by atoms with Crippen LogP contribution in [-0.2, 0) is 13.1 Å². The zero-order valence-corrected chi connectivity index (χ0v) is 12.7. The molecule has 0 atom stereocenters. The average molecular weight is 335 g/mol. The van der Waals surface area contributed by atoms with Crippen molar-refractivity contribution in [1.29, 1.82) is 0 Å². The van der Waals surface area contributed by atoms with E-state index in [-0.39, 0.29) is 10.6 Å². The zero-order valence-electron chi connectivity index (χ0n) is 11.1. The zero-order chi connectivity index (χ0) is 14.5. The number of benzene rings is 2. The summed E-state index contributed by atoms with van der Waals surface area (Å²) in [6, 6.07) is 12.8. The van der Waals surface area contributed by atoms with Crippen LogP contribution in [0.4, 0.5) is 5.69 Å². The lowest BCUT2D eigenvalue weighted by atomic mass is 10.1. The summed E-state index contributed by atoms with van der Waals surface area (Å²) in [6.45, 7) is 3.52. The van der Waals surface area contributed by atoms with E-state index in [0.29, 0.717) is 6.54 Å². The maximum atomic E-state index is 10.6. The maximum Gasteiger partial charge on any atom is 0.269 e. The number of rotatable bonds is 5. The third kappa shape index (κ3) is 3.88. The van der Waals surface area contributed by atoms with Gasteiger partial charge in [0.25, 0.3) is 5.69 Å². The van der Waals surface area contributed by atoms with Gasteiger partial charge in [0.2, 0.25) is 0 Å². The van der Waals surface area contributed by atoms with Crippen molar-refractivity contribution in [3.63, 3.8) is 0 Å². The fourth-order valence-electron chi connectivity index (χ4n) is 1.90. The molecule has 2 aromatic rings. The molecule has 0 aliphatic rings. The molecule has 0 amide bonds. The van der Waals surface area contributed by atoms with Gasteiger partial charge >= 0.3 is 0 Å². The van der Waals surface area contributed by atoms with Crippen molar-refractivity contribution in [2.24, 2.45) is 0 Å². The number of aryl methyl sites for hydroxylation is 1. The smallest absolute Gasteiger partial charge is 0.269 e. The van der Waals surface area contributed by atoms with Crippen molar-refractivity contribution < 1.29 is 4.92 Å². The third-order valence-electron chi connectivity index (χ3n) is 3.03. The van der Waals surface area contributed by atoms with Gasteiger partial charge in [-0.2, -0.15) is 0 Å². The first-order valence-corrected chi connectivity index (χ1v) is 7.04. The lowest BCUT2D eigenvalue weighted by Crippen LogP contribution is -2.12. The first-order chi connectivity index (χ1) is 9.56. The molecule has 2 aromatic carbocycles. The van der Waals surface area contributed by atoms with Gasteiger partial charge in [0, 0.05) is 29.7 Å². The molecule has 0 bridgehead atoms. The standard InChI is InChI=1S/C15H15BrN2O2/c1-11-8-13(4-7-15(11)16)10-17-9-12-2-5-14(6-3-12)18(19)20/h2-8,17H,9-10H2,1H3. The Balaban J connectivity index is 1.89. The highest BCUT2D eigenvalue weighted by Gasteiger charge is 2.03. The number of halogens is 1. The molecule has 0 aliphatic carbocycles. The molecule has 0 saturated heterocycles. The van der Waals surface area contributed by atoms with Crippen LogP contribution < -0.4 is 5.32 Å². The van der Waals surface area contributed by atoms with Gasteiger partial charge in [-0.3, -0.25) is 10.1 Å². The lowest BCUT2D eigenvalue weighted by molar-refractivity contribution is -0.384. The van der Waals surface area contributed by atoms with E-state index in [2.05, 4.69) is 40.3 Å². The number of nitrogens with zero attached hydrogens (tertiary/aromatic N) is 1. The van der Waals surface area contributed by atoms with Gasteiger partial charge in [-0.25, -0.2) is 0 Å². The van der Waals surface area contributed by atoms with Crippen LogP contribution in [0.25, 0.3) is 0 Å². The van der Waals surface area contributed by atoms with Crippen LogP contribution in [-0.4, -0.2) is 4.92 Å². The van der Waals surface area contributed by atoms with E-state index in [4.69, 9.17) is 0 Å². The Kier molecular flexibility index (Phi) is 4.87. The number of non-ortho nitro benzene ring substituents is 1. The van der Waals surface area contributed by atoms with E-state index >= 15 is 0 Å². The topological polar surface area (TPSA) is 55.2 Å². The minimum absolute atomic E-state index is 0.122. The van der Waals surface area contributed by atoms with Crippen LogP contribution in [0.5, 0.6) is 0 Å². The fraction of sp³-hybridized carbons (Fsp3) is 0.200. The molecule has 4 nitrogen and oxygen atoms in total. The van der Waals surface area contributed by atoms with Crippen LogP contribution in [0.3, 0.4) is 0 Å². The van der Waals surface area contributed by atoms with Gasteiger partial charge in [-0.1, -0.05) is 40.2 Å². The summed E-state index contributed by atoms with van der Waals surface area (Å²) in [4.78, 5) is 10.2. The van der Waals surface area contributed by atoms with E-state index in [1.807, 2.05) is 6.07 Å². The summed E-state index contributed by atoms with van der Waals surface area (Å²) in [5.41, 5.74) is 3.58. The molecule has 20 heavy (non-hydrogen) atoms. The molecular formula is C15H15BrN2O2. The van der Waals surface area contributed by atoms with Gasteiger partial charge in [0.15, 0.2) is 0 Å².